The van der Waals surface area contributed by atoms with Crippen molar-refractivity contribution in [2.45, 2.75) is 6.54 Å². The Morgan fingerprint density at radius 3 is 2.03 bits per heavy atom. The van der Waals surface area contributed by atoms with Gasteiger partial charge in [0.05, 0.1) is 18.4 Å². The van der Waals surface area contributed by atoms with Crippen molar-refractivity contribution in [2.75, 3.05) is 5.01 Å². The molecule has 3 aromatic rings. The molecule has 2 aliphatic rings. The Labute approximate surface area is 223 Å². The number of benzene rings is 2. The smallest absolute Gasteiger partial charge is 0.266 e. The molecule has 2 aromatic carbocycles. The van der Waals surface area contributed by atoms with Crippen molar-refractivity contribution in [1.29, 1.82) is 0 Å². The summed E-state index contributed by atoms with van der Waals surface area (Å²) < 4.78 is 1.29. The molecule has 0 amide bonds. The van der Waals surface area contributed by atoms with E-state index in [0.717, 1.165) is 11.5 Å². The van der Waals surface area contributed by atoms with Crippen LogP contribution in [0.25, 0.3) is 5.69 Å². The molecule has 2 fully saturated rings. The van der Waals surface area contributed by atoms with Crippen molar-refractivity contribution in [1.82, 2.24) is 9.78 Å². The van der Waals surface area contributed by atoms with Crippen LogP contribution in [0.4, 0.5) is 5.69 Å². The Kier molecular flexibility index (Phi) is 11.1. The maximum Gasteiger partial charge on any atom is 2.00 e. The average Bonchev–Trinajstić information content (AvgIpc) is 3.62. The van der Waals surface area contributed by atoms with E-state index >= 15 is 0 Å². The first-order valence-electron chi connectivity index (χ1n) is 10.8. The number of para-hydroxylation sites is 1. The van der Waals surface area contributed by atoms with Crippen molar-refractivity contribution >= 4 is 23.5 Å². The second-order valence-electron chi connectivity index (χ2n) is 7.36. The van der Waals surface area contributed by atoms with Crippen molar-refractivity contribution in [2.24, 2.45) is 5.10 Å². The Balaban J connectivity index is 0.000000509. The molecule has 2 saturated carbocycles. The summed E-state index contributed by atoms with van der Waals surface area (Å²) in [5.74, 6) is 0.963. The summed E-state index contributed by atoms with van der Waals surface area (Å²) in [7, 11) is 0. The Morgan fingerprint density at radius 1 is 0.857 bits per heavy atom. The number of anilines is 1. The van der Waals surface area contributed by atoms with E-state index in [4.69, 9.17) is 11.6 Å². The third-order valence-electron chi connectivity index (χ3n) is 4.94. The monoisotopic (exact) mass is 522 g/mol. The van der Waals surface area contributed by atoms with Crippen LogP contribution in [0.5, 0.6) is 0 Å². The van der Waals surface area contributed by atoms with Gasteiger partial charge in [-0.25, -0.2) is 0 Å². The fourth-order valence-electron chi connectivity index (χ4n) is 3.23. The van der Waals surface area contributed by atoms with Gasteiger partial charge in [0, 0.05) is 12.1 Å². The molecule has 0 aliphatic heterocycles. The zero-order valence-corrected chi connectivity index (χ0v) is 20.6. The van der Waals surface area contributed by atoms with Gasteiger partial charge >= 0.3 is 17.1 Å². The zero-order chi connectivity index (χ0) is 23.6. The molecule has 7 heteroatoms. The first kappa shape index (κ1) is 27.2. The van der Waals surface area contributed by atoms with E-state index in [2.05, 4.69) is 10.2 Å². The normalized spacial score (nSPS) is 15.5. The van der Waals surface area contributed by atoms with Gasteiger partial charge in [-0.3, -0.25) is 9.80 Å². The van der Waals surface area contributed by atoms with Crippen LogP contribution in [-0.2, 0) is 23.6 Å². The summed E-state index contributed by atoms with van der Waals surface area (Å²) in [4.78, 5) is 12.9. The minimum absolute atomic E-state index is 0. The van der Waals surface area contributed by atoms with Crippen molar-refractivity contribution in [3.8, 4) is 5.69 Å². The first-order chi connectivity index (χ1) is 16.7. The van der Waals surface area contributed by atoms with Gasteiger partial charge < -0.3 is 0 Å². The minimum Gasteiger partial charge on any atom is -0.266 e. The maximum absolute atomic E-state index is 12.9. The molecule has 1 heterocycles. The molecule has 35 heavy (non-hydrogen) atoms. The number of halogens is 1. The van der Waals surface area contributed by atoms with E-state index < -0.39 is 5.56 Å². The van der Waals surface area contributed by atoms with Gasteiger partial charge in [-0.15, -0.1) is 0 Å². The van der Waals surface area contributed by atoms with E-state index in [-0.39, 0.29) is 22.1 Å². The van der Waals surface area contributed by atoms with Crippen LogP contribution < -0.4 is 10.6 Å². The predicted molar refractivity (Wildman–Crippen MR) is 138 cm³/mol. The Hall–Kier alpha value is -2.40. The molecule has 0 atom stereocenters. The van der Waals surface area contributed by atoms with E-state index in [1.54, 1.807) is 29.6 Å². The first-order valence-corrected chi connectivity index (χ1v) is 11.2. The summed E-state index contributed by atoms with van der Waals surface area (Å²) in [6, 6.07) is 19.0. The zero-order valence-electron chi connectivity index (χ0n) is 18.8. The molecule has 0 bridgehead atoms. The number of aromatic nitrogens is 2. The number of hydrogen-bond acceptors (Lipinski definition) is 4. The van der Waals surface area contributed by atoms with Crippen molar-refractivity contribution < 1.29 is 17.1 Å². The van der Waals surface area contributed by atoms with Crippen LogP contribution in [-0.4, -0.2) is 16.0 Å². The van der Waals surface area contributed by atoms with Crippen LogP contribution in [0, 0.1) is 63.7 Å². The quantitative estimate of drug-likeness (QED) is 0.251. The minimum atomic E-state index is -0.392. The van der Waals surface area contributed by atoms with Crippen LogP contribution in [0.3, 0.4) is 0 Å². The van der Waals surface area contributed by atoms with E-state index in [9.17, 15) is 4.79 Å². The molecule has 174 valence electrons. The van der Waals surface area contributed by atoms with Crippen LogP contribution in [0.2, 0.25) is 5.02 Å². The largest absolute Gasteiger partial charge is 2.00 e. The molecule has 5 nitrogen and oxygen atoms in total. The van der Waals surface area contributed by atoms with Gasteiger partial charge in [-0.1, -0.05) is 60.1 Å². The van der Waals surface area contributed by atoms with Gasteiger partial charge in [-0.2, -0.15) is 14.9 Å². The SMILES string of the molecule is O=c1c(Cl)c(N(Cc2ccccc2)/N=C/[C]2[CH][CH][CH][CH]2)cnn1-c1ccccc1.[CH]1[CH][CH][CH][CH]1.[Fe+2]. The summed E-state index contributed by atoms with van der Waals surface area (Å²) in [5.41, 5.74) is 1.75. The Morgan fingerprint density at radius 2 is 1.43 bits per heavy atom. The van der Waals surface area contributed by atoms with Crippen molar-refractivity contribution in [3.05, 3.63) is 152 Å². The van der Waals surface area contributed by atoms with Gasteiger partial charge in [0.2, 0.25) is 0 Å². The molecule has 0 N–H and O–H groups in total. The third kappa shape index (κ3) is 7.79. The Bertz CT molecular complexity index is 1100. The fraction of sp³-hybridized carbons (Fsp3) is 0.0357. The molecule has 2 aliphatic carbocycles. The molecular formula is C28H23ClFeN4O+2. The number of nitrogens with zero attached hydrogens (tertiary/aromatic N) is 4. The van der Waals surface area contributed by atoms with Crippen LogP contribution >= 0.6 is 11.6 Å². The van der Waals surface area contributed by atoms with Gasteiger partial charge in [0.1, 0.15) is 10.7 Å². The molecule has 0 saturated heterocycles. The number of hydrogen-bond donors (Lipinski definition) is 0. The fourth-order valence-corrected chi connectivity index (χ4v) is 3.46. The van der Waals surface area contributed by atoms with Crippen LogP contribution in [0.1, 0.15) is 5.56 Å². The summed E-state index contributed by atoms with van der Waals surface area (Å²) in [6.07, 6.45) is 21.1. The molecule has 5 rings (SSSR count). The molecule has 10 radical (unpaired) electrons. The summed E-state index contributed by atoms with van der Waals surface area (Å²) >= 11 is 6.48. The van der Waals surface area contributed by atoms with E-state index in [1.807, 2.05) is 106 Å². The van der Waals surface area contributed by atoms with Gasteiger partial charge in [0.15, 0.2) is 0 Å². The number of hydrazone groups is 1. The van der Waals surface area contributed by atoms with Crippen LogP contribution in [0.15, 0.2) is 76.8 Å². The second kappa shape index (κ2) is 14.2. The maximum atomic E-state index is 12.9. The van der Waals surface area contributed by atoms with E-state index in [1.165, 1.54) is 4.68 Å². The summed E-state index contributed by atoms with van der Waals surface area (Å²) in [6.45, 7) is 0.453. The molecule has 0 spiro atoms. The average molecular weight is 523 g/mol. The number of rotatable bonds is 6. The molecular weight excluding hydrogens is 500 g/mol. The second-order valence-corrected chi connectivity index (χ2v) is 7.74. The van der Waals surface area contributed by atoms with E-state index in [0.29, 0.717) is 17.9 Å². The molecule has 1 aromatic heterocycles. The van der Waals surface area contributed by atoms with Gasteiger partial charge in [0.25, 0.3) is 5.56 Å². The predicted octanol–water partition coefficient (Wildman–Crippen LogP) is 5.30. The van der Waals surface area contributed by atoms with Gasteiger partial charge in [-0.05, 0) is 75.5 Å². The summed E-state index contributed by atoms with van der Waals surface area (Å²) in [5, 5.41) is 10.7. The third-order valence-corrected chi connectivity index (χ3v) is 5.30. The topological polar surface area (TPSA) is 50.5 Å². The standard InChI is InChI=1S/C23H18ClN4O.C5H5.Fe/c24-22-21(16-26-28(23(22)29)20-13-5-2-6-14-20)27(17-19-11-3-1-4-12-19)25-15-18-9-7-8-10-18;1-2-4-5-3-1;/h1-16H,17H2;1-5H;/q;;+2/b25-15+;;. The van der Waals surface area contributed by atoms with Crippen molar-refractivity contribution in [3.63, 3.8) is 0 Å². The molecule has 0 unspecified atom stereocenters.